The van der Waals surface area contributed by atoms with Crippen molar-refractivity contribution in [1.29, 1.82) is 0 Å². The van der Waals surface area contributed by atoms with Crippen LogP contribution in [0.3, 0.4) is 0 Å². The highest BCUT2D eigenvalue weighted by atomic mass is 35.5. The highest BCUT2D eigenvalue weighted by molar-refractivity contribution is 5.85. The second-order valence-corrected chi connectivity index (χ2v) is 4.14. The number of halogens is 1. The van der Waals surface area contributed by atoms with Gasteiger partial charge in [0.25, 0.3) is 0 Å². The zero-order chi connectivity index (χ0) is 11.4. The molecule has 17 heavy (non-hydrogen) atoms. The molecule has 94 valence electrons. The molecule has 0 bridgehead atoms. The number of aryl methyl sites for hydroxylation is 1. The summed E-state index contributed by atoms with van der Waals surface area (Å²) < 4.78 is 5.64. The maximum atomic E-state index is 5.74. The van der Waals surface area contributed by atoms with E-state index in [-0.39, 0.29) is 12.4 Å². The van der Waals surface area contributed by atoms with E-state index in [1.165, 1.54) is 16.7 Å². The Kier molecular flexibility index (Phi) is 5.52. The molecule has 2 rings (SSSR count). The Balaban J connectivity index is 0.00000144. The quantitative estimate of drug-likeness (QED) is 0.895. The molecule has 0 amide bonds. The summed E-state index contributed by atoms with van der Waals surface area (Å²) in [4.78, 5) is 0. The van der Waals surface area contributed by atoms with E-state index in [0.717, 1.165) is 31.6 Å². The minimum Gasteiger partial charge on any atom is -0.494 e. The van der Waals surface area contributed by atoms with E-state index in [4.69, 9.17) is 10.5 Å². The number of hydrogen-bond acceptors (Lipinski definition) is 2. The summed E-state index contributed by atoms with van der Waals surface area (Å²) in [6.45, 7) is 3.54. The van der Waals surface area contributed by atoms with Gasteiger partial charge in [-0.15, -0.1) is 12.4 Å². The van der Waals surface area contributed by atoms with Crippen LogP contribution in [0.25, 0.3) is 5.57 Å². The molecule has 3 heteroatoms. The summed E-state index contributed by atoms with van der Waals surface area (Å²) in [5.74, 6) is 0.985. The molecule has 0 aromatic heterocycles. The van der Waals surface area contributed by atoms with Gasteiger partial charge in [0.15, 0.2) is 0 Å². The minimum atomic E-state index is 0. The number of benzene rings is 1. The smallest absolute Gasteiger partial charge is 0.119 e. The molecule has 2 nitrogen and oxygen atoms in total. The van der Waals surface area contributed by atoms with Gasteiger partial charge in [-0.25, -0.2) is 0 Å². The second kappa shape index (κ2) is 6.67. The molecule has 0 saturated carbocycles. The van der Waals surface area contributed by atoms with E-state index in [0.29, 0.717) is 6.54 Å². The van der Waals surface area contributed by atoms with Crippen molar-refractivity contribution in [3.05, 3.63) is 35.4 Å². The highest BCUT2D eigenvalue weighted by Crippen LogP contribution is 2.28. The van der Waals surface area contributed by atoms with Crippen molar-refractivity contribution < 1.29 is 4.74 Å². The van der Waals surface area contributed by atoms with Crippen LogP contribution >= 0.6 is 12.4 Å². The summed E-state index contributed by atoms with van der Waals surface area (Å²) >= 11 is 0. The van der Waals surface area contributed by atoms with E-state index in [1.807, 2.05) is 6.07 Å². The largest absolute Gasteiger partial charge is 0.494 e. The number of hydrogen-bond donors (Lipinski definition) is 1. The Hall–Kier alpha value is -0.990. The fraction of sp³-hybridized carbons (Fsp3) is 0.429. The Bertz CT molecular complexity index is 401. The third-order valence-electron chi connectivity index (χ3n) is 2.92. The lowest BCUT2D eigenvalue weighted by Crippen LogP contribution is -2.08. The number of allylic oxidation sites excluding steroid dienone is 1. The molecular weight excluding hydrogens is 234 g/mol. The van der Waals surface area contributed by atoms with Gasteiger partial charge in [-0.05, 0) is 48.1 Å². The van der Waals surface area contributed by atoms with Gasteiger partial charge in [0.1, 0.15) is 5.75 Å². The minimum absolute atomic E-state index is 0. The van der Waals surface area contributed by atoms with Crippen LogP contribution in [0.15, 0.2) is 24.3 Å². The molecule has 0 aliphatic heterocycles. The third-order valence-corrected chi connectivity index (χ3v) is 2.92. The average molecular weight is 254 g/mol. The van der Waals surface area contributed by atoms with Crippen molar-refractivity contribution >= 4 is 18.0 Å². The molecule has 1 aliphatic rings. The van der Waals surface area contributed by atoms with Gasteiger partial charge in [0.2, 0.25) is 0 Å². The van der Waals surface area contributed by atoms with E-state index in [2.05, 4.69) is 25.1 Å². The number of rotatable bonds is 4. The van der Waals surface area contributed by atoms with Crippen molar-refractivity contribution in [3.63, 3.8) is 0 Å². The zero-order valence-electron chi connectivity index (χ0n) is 10.2. The molecule has 1 aromatic carbocycles. The van der Waals surface area contributed by atoms with Crippen LogP contribution < -0.4 is 10.5 Å². The number of nitrogens with two attached hydrogens (primary N) is 1. The monoisotopic (exact) mass is 253 g/mol. The van der Waals surface area contributed by atoms with Crippen LogP contribution in [0.2, 0.25) is 0 Å². The summed E-state index contributed by atoms with van der Waals surface area (Å²) in [5, 5.41) is 0. The second-order valence-electron chi connectivity index (χ2n) is 4.14. The van der Waals surface area contributed by atoms with Crippen molar-refractivity contribution in [2.75, 3.05) is 13.2 Å². The van der Waals surface area contributed by atoms with Crippen molar-refractivity contribution in [2.24, 2.45) is 5.73 Å². The van der Waals surface area contributed by atoms with Gasteiger partial charge in [0, 0.05) is 6.54 Å². The first-order chi connectivity index (χ1) is 7.85. The van der Waals surface area contributed by atoms with Crippen LogP contribution in [-0.2, 0) is 6.42 Å². The summed E-state index contributed by atoms with van der Waals surface area (Å²) in [6.07, 6.45) is 5.48. The van der Waals surface area contributed by atoms with E-state index >= 15 is 0 Å². The van der Waals surface area contributed by atoms with E-state index in [9.17, 15) is 0 Å². The first-order valence-corrected chi connectivity index (χ1v) is 6.00. The standard InChI is InChI=1S/C14H19NO.ClH/c1-2-8-16-13-6-7-14-11(9-13)4-3-5-12(14)10-15;/h5-7,9H,2-4,8,10,15H2,1H3;1H. The van der Waals surface area contributed by atoms with Gasteiger partial charge in [-0.3, -0.25) is 0 Å². The summed E-state index contributed by atoms with van der Waals surface area (Å²) in [6, 6.07) is 6.34. The van der Waals surface area contributed by atoms with Gasteiger partial charge in [0.05, 0.1) is 6.61 Å². The fourth-order valence-corrected chi connectivity index (χ4v) is 2.11. The molecule has 0 saturated heterocycles. The molecule has 2 N–H and O–H groups in total. The van der Waals surface area contributed by atoms with Crippen molar-refractivity contribution in [3.8, 4) is 5.75 Å². The lowest BCUT2D eigenvalue weighted by atomic mass is 9.91. The predicted molar refractivity (Wildman–Crippen MR) is 74.8 cm³/mol. The first-order valence-electron chi connectivity index (χ1n) is 6.00. The van der Waals surface area contributed by atoms with Gasteiger partial charge in [-0.2, -0.15) is 0 Å². The average Bonchev–Trinajstić information content (AvgIpc) is 2.35. The van der Waals surface area contributed by atoms with E-state index in [1.54, 1.807) is 0 Å². The number of ether oxygens (including phenoxy) is 1. The molecule has 0 spiro atoms. The van der Waals surface area contributed by atoms with Gasteiger partial charge in [-0.1, -0.05) is 19.1 Å². The third kappa shape index (κ3) is 3.24. The van der Waals surface area contributed by atoms with Crippen molar-refractivity contribution in [2.45, 2.75) is 26.2 Å². The zero-order valence-corrected chi connectivity index (χ0v) is 11.1. The Morgan fingerprint density at radius 2 is 2.18 bits per heavy atom. The molecule has 0 radical (unpaired) electrons. The Labute approximate surface area is 109 Å². The van der Waals surface area contributed by atoms with Crippen molar-refractivity contribution in [1.82, 2.24) is 0 Å². The van der Waals surface area contributed by atoms with Crippen LogP contribution in [0.5, 0.6) is 5.75 Å². The topological polar surface area (TPSA) is 35.2 Å². The lowest BCUT2D eigenvalue weighted by molar-refractivity contribution is 0.317. The molecular formula is C14H20ClNO. The molecule has 1 aromatic rings. The first kappa shape index (κ1) is 14.1. The molecule has 0 unspecified atom stereocenters. The summed E-state index contributed by atoms with van der Waals surface area (Å²) in [7, 11) is 0. The predicted octanol–water partition coefficient (Wildman–Crippen LogP) is 3.19. The highest BCUT2D eigenvalue weighted by Gasteiger charge is 2.11. The lowest BCUT2D eigenvalue weighted by Gasteiger charge is -2.17. The number of fused-ring (bicyclic) bond motifs is 1. The van der Waals surface area contributed by atoms with Crippen LogP contribution in [0.4, 0.5) is 0 Å². The molecule has 0 atom stereocenters. The Morgan fingerprint density at radius 1 is 1.35 bits per heavy atom. The Morgan fingerprint density at radius 3 is 2.88 bits per heavy atom. The maximum Gasteiger partial charge on any atom is 0.119 e. The van der Waals surface area contributed by atoms with E-state index < -0.39 is 0 Å². The normalized spacial score (nSPS) is 13.4. The molecule has 0 heterocycles. The molecule has 1 aliphatic carbocycles. The maximum absolute atomic E-state index is 5.74. The SMILES string of the molecule is CCCOc1ccc2c(c1)CCC=C2CN.Cl. The van der Waals surface area contributed by atoms with Crippen LogP contribution in [0.1, 0.15) is 30.9 Å². The fourth-order valence-electron chi connectivity index (χ4n) is 2.11. The molecule has 0 fully saturated rings. The van der Waals surface area contributed by atoms with Gasteiger partial charge >= 0.3 is 0 Å². The van der Waals surface area contributed by atoms with Crippen LogP contribution in [0, 0.1) is 0 Å². The summed E-state index contributed by atoms with van der Waals surface area (Å²) in [5.41, 5.74) is 9.68. The van der Waals surface area contributed by atoms with Gasteiger partial charge < -0.3 is 10.5 Å². The van der Waals surface area contributed by atoms with Crippen LogP contribution in [-0.4, -0.2) is 13.2 Å².